The fraction of sp³-hybridized carbons (Fsp3) is 0.867. The first-order valence-electron chi connectivity index (χ1n) is 7.34. The van der Waals surface area contributed by atoms with Gasteiger partial charge in [0.1, 0.15) is 0 Å². The van der Waals surface area contributed by atoms with Gasteiger partial charge in [0.05, 0.1) is 6.07 Å². The Morgan fingerprint density at radius 3 is 2.44 bits per heavy atom. The van der Waals surface area contributed by atoms with Gasteiger partial charge in [0.2, 0.25) is 5.91 Å². The van der Waals surface area contributed by atoms with Crippen molar-refractivity contribution in [1.29, 1.82) is 5.26 Å². The second kappa shape index (κ2) is 8.13. The molecular formula is C15H26N2O. The van der Waals surface area contributed by atoms with Gasteiger partial charge >= 0.3 is 0 Å². The zero-order valence-electron chi connectivity index (χ0n) is 11.8. The van der Waals surface area contributed by atoms with Crippen LogP contribution in [0.4, 0.5) is 0 Å². The molecule has 18 heavy (non-hydrogen) atoms. The SMILES string of the molecule is CCCCCCC(=O)N(C)C1CCC(C#N)CC1. The number of hydrogen-bond donors (Lipinski definition) is 0. The molecule has 3 heteroatoms. The predicted molar refractivity (Wildman–Crippen MR) is 72.9 cm³/mol. The number of rotatable bonds is 6. The molecule has 102 valence electrons. The van der Waals surface area contributed by atoms with Gasteiger partial charge in [-0.25, -0.2) is 0 Å². The molecule has 0 aliphatic heterocycles. The van der Waals surface area contributed by atoms with Gasteiger partial charge in [-0.05, 0) is 32.1 Å². The molecule has 0 aromatic carbocycles. The second-order valence-corrected chi connectivity index (χ2v) is 5.45. The first kappa shape index (κ1) is 15.0. The summed E-state index contributed by atoms with van der Waals surface area (Å²) < 4.78 is 0. The summed E-state index contributed by atoms with van der Waals surface area (Å²) in [5.74, 6) is 0.501. The molecule has 0 unspecified atom stereocenters. The maximum Gasteiger partial charge on any atom is 0.222 e. The van der Waals surface area contributed by atoms with Crippen molar-refractivity contribution < 1.29 is 4.79 Å². The van der Waals surface area contributed by atoms with Gasteiger partial charge in [0.25, 0.3) is 0 Å². The lowest BCUT2D eigenvalue weighted by atomic mass is 9.86. The Morgan fingerprint density at radius 2 is 1.89 bits per heavy atom. The van der Waals surface area contributed by atoms with E-state index >= 15 is 0 Å². The van der Waals surface area contributed by atoms with Crippen molar-refractivity contribution in [2.24, 2.45) is 5.92 Å². The van der Waals surface area contributed by atoms with Gasteiger partial charge in [-0.1, -0.05) is 26.2 Å². The third-order valence-corrected chi connectivity index (χ3v) is 4.06. The van der Waals surface area contributed by atoms with Crippen molar-refractivity contribution in [1.82, 2.24) is 4.90 Å². The summed E-state index contributed by atoms with van der Waals surface area (Å²) >= 11 is 0. The molecule has 0 aromatic heterocycles. The number of nitrogens with zero attached hydrogens (tertiary/aromatic N) is 2. The number of hydrogen-bond acceptors (Lipinski definition) is 2. The Labute approximate surface area is 111 Å². The maximum atomic E-state index is 12.0. The van der Waals surface area contributed by atoms with Crippen LogP contribution >= 0.6 is 0 Å². The van der Waals surface area contributed by atoms with E-state index in [1.807, 2.05) is 11.9 Å². The van der Waals surface area contributed by atoms with E-state index in [1.165, 1.54) is 12.8 Å². The molecule has 1 rings (SSSR count). The summed E-state index contributed by atoms with van der Waals surface area (Å²) in [5.41, 5.74) is 0. The van der Waals surface area contributed by atoms with Crippen LogP contribution in [-0.4, -0.2) is 23.9 Å². The fourth-order valence-electron chi connectivity index (χ4n) is 2.68. The van der Waals surface area contributed by atoms with Gasteiger partial charge < -0.3 is 4.90 Å². The largest absolute Gasteiger partial charge is 0.343 e. The molecule has 0 N–H and O–H groups in total. The summed E-state index contributed by atoms with van der Waals surface area (Å²) in [6.07, 6.45) is 9.21. The summed E-state index contributed by atoms with van der Waals surface area (Å²) in [7, 11) is 1.93. The third-order valence-electron chi connectivity index (χ3n) is 4.06. The van der Waals surface area contributed by atoms with Gasteiger partial charge in [-0.2, -0.15) is 5.26 Å². The minimum absolute atomic E-state index is 0.217. The fourth-order valence-corrected chi connectivity index (χ4v) is 2.68. The van der Waals surface area contributed by atoms with Gasteiger partial charge in [-0.15, -0.1) is 0 Å². The van der Waals surface area contributed by atoms with E-state index in [-0.39, 0.29) is 11.8 Å². The van der Waals surface area contributed by atoms with Crippen molar-refractivity contribution in [2.45, 2.75) is 70.8 Å². The average molecular weight is 250 g/mol. The van der Waals surface area contributed by atoms with Crippen LogP contribution in [0.25, 0.3) is 0 Å². The Balaban J connectivity index is 2.25. The van der Waals surface area contributed by atoms with Crippen molar-refractivity contribution >= 4 is 5.91 Å². The summed E-state index contributed by atoms with van der Waals surface area (Å²) in [6.45, 7) is 2.18. The van der Waals surface area contributed by atoms with E-state index in [0.29, 0.717) is 12.5 Å². The predicted octanol–water partition coefficient (Wildman–Crippen LogP) is 3.50. The lowest BCUT2D eigenvalue weighted by Gasteiger charge is -2.32. The summed E-state index contributed by atoms with van der Waals surface area (Å²) in [4.78, 5) is 13.9. The zero-order valence-corrected chi connectivity index (χ0v) is 11.8. The zero-order chi connectivity index (χ0) is 13.4. The minimum atomic E-state index is 0.217. The summed E-state index contributed by atoms with van der Waals surface area (Å²) in [6, 6.07) is 2.71. The standard InChI is InChI=1S/C15H26N2O/c1-3-4-5-6-7-15(18)17(2)14-10-8-13(12-16)9-11-14/h13-14H,3-11H2,1-2H3. The molecule has 0 atom stereocenters. The minimum Gasteiger partial charge on any atom is -0.343 e. The van der Waals surface area contributed by atoms with E-state index < -0.39 is 0 Å². The molecule has 0 aromatic rings. The Hall–Kier alpha value is -1.04. The van der Waals surface area contributed by atoms with Gasteiger partial charge in [0.15, 0.2) is 0 Å². The Kier molecular flexibility index (Phi) is 6.78. The molecule has 0 saturated heterocycles. The number of carbonyl (C=O) groups is 1. The molecule has 1 fully saturated rings. The molecular weight excluding hydrogens is 224 g/mol. The topological polar surface area (TPSA) is 44.1 Å². The van der Waals surface area contributed by atoms with E-state index in [0.717, 1.165) is 38.5 Å². The maximum absolute atomic E-state index is 12.0. The highest BCUT2D eigenvalue weighted by atomic mass is 16.2. The highest BCUT2D eigenvalue weighted by Gasteiger charge is 2.25. The van der Waals surface area contributed by atoms with Crippen molar-refractivity contribution in [2.75, 3.05) is 7.05 Å². The van der Waals surface area contributed by atoms with Crippen LogP contribution < -0.4 is 0 Å². The average Bonchev–Trinajstić information content (AvgIpc) is 2.42. The van der Waals surface area contributed by atoms with Crippen LogP contribution in [0, 0.1) is 17.2 Å². The van der Waals surface area contributed by atoms with E-state index in [1.54, 1.807) is 0 Å². The molecule has 1 aliphatic carbocycles. The molecule has 1 aliphatic rings. The number of carbonyl (C=O) groups excluding carboxylic acids is 1. The van der Waals surface area contributed by atoms with Gasteiger partial charge in [0, 0.05) is 25.4 Å². The monoisotopic (exact) mass is 250 g/mol. The number of unbranched alkanes of at least 4 members (excludes halogenated alkanes) is 3. The third kappa shape index (κ3) is 4.68. The number of nitriles is 1. The smallest absolute Gasteiger partial charge is 0.222 e. The highest BCUT2D eigenvalue weighted by molar-refractivity contribution is 5.76. The van der Waals surface area contributed by atoms with Crippen LogP contribution in [0.15, 0.2) is 0 Å². The van der Waals surface area contributed by atoms with E-state index in [4.69, 9.17) is 5.26 Å². The quantitative estimate of drug-likeness (QED) is 0.677. The van der Waals surface area contributed by atoms with E-state index in [2.05, 4.69) is 13.0 Å². The Morgan fingerprint density at radius 1 is 1.22 bits per heavy atom. The van der Waals surface area contributed by atoms with Crippen LogP contribution in [0.5, 0.6) is 0 Å². The first-order valence-corrected chi connectivity index (χ1v) is 7.34. The van der Waals surface area contributed by atoms with E-state index in [9.17, 15) is 4.79 Å². The lowest BCUT2D eigenvalue weighted by Crippen LogP contribution is -2.39. The van der Waals surface area contributed by atoms with Crippen LogP contribution in [0.2, 0.25) is 0 Å². The number of amides is 1. The highest BCUT2D eigenvalue weighted by Crippen LogP contribution is 2.26. The lowest BCUT2D eigenvalue weighted by molar-refractivity contribution is -0.132. The molecule has 0 bridgehead atoms. The second-order valence-electron chi connectivity index (χ2n) is 5.45. The molecule has 3 nitrogen and oxygen atoms in total. The van der Waals surface area contributed by atoms with Crippen molar-refractivity contribution in [3.8, 4) is 6.07 Å². The summed E-state index contributed by atoms with van der Waals surface area (Å²) in [5, 5.41) is 8.86. The molecule has 1 amide bonds. The molecule has 1 saturated carbocycles. The normalized spacial score (nSPS) is 23.4. The van der Waals surface area contributed by atoms with Crippen molar-refractivity contribution in [3.05, 3.63) is 0 Å². The van der Waals surface area contributed by atoms with Crippen molar-refractivity contribution in [3.63, 3.8) is 0 Å². The molecule has 0 heterocycles. The molecule has 0 radical (unpaired) electrons. The van der Waals surface area contributed by atoms with Crippen LogP contribution in [0.3, 0.4) is 0 Å². The van der Waals surface area contributed by atoms with Gasteiger partial charge in [-0.3, -0.25) is 4.79 Å². The van der Waals surface area contributed by atoms with Crippen LogP contribution in [0.1, 0.15) is 64.7 Å². The van der Waals surface area contributed by atoms with Crippen LogP contribution in [-0.2, 0) is 4.79 Å². The first-order chi connectivity index (χ1) is 8.69. The Bertz CT molecular complexity index is 287. The molecule has 0 spiro atoms.